The van der Waals surface area contributed by atoms with Gasteiger partial charge in [0.1, 0.15) is 0 Å². The van der Waals surface area contributed by atoms with Gasteiger partial charge in [0, 0.05) is 12.6 Å². The fourth-order valence-electron chi connectivity index (χ4n) is 1.95. The molecule has 0 bridgehead atoms. The Bertz CT molecular complexity index is 192. The van der Waals surface area contributed by atoms with Crippen LogP contribution in [0.5, 0.6) is 0 Å². The van der Waals surface area contributed by atoms with Gasteiger partial charge in [-0.1, -0.05) is 0 Å². The average Bonchev–Trinajstić information content (AvgIpc) is 2.45. The molecule has 0 saturated carbocycles. The molecule has 1 aliphatic rings. The first-order valence-electron chi connectivity index (χ1n) is 5.41. The topological polar surface area (TPSA) is 27.0 Å². The van der Waals surface area contributed by atoms with Gasteiger partial charge >= 0.3 is 0 Å². The van der Waals surface area contributed by atoms with Crippen LogP contribution in [0.2, 0.25) is 0 Å². The van der Waals surface area contributed by atoms with Gasteiger partial charge < -0.3 is 4.90 Å². The molecule has 0 aromatic heterocycles. The molecule has 2 atom stereocenters. The highest BCUT2D eigenvalue weighted by molar-refractivity contribution is 7.99. The Morgan fingerprint density at radius 1 is 1.50 bits per heavy atom. The highest BCUT2D eigenvalue weighted by atomic mass is 32.2. The maximum absolute atomic E-state index is 8.76. The molecule has 0 aromatic carbocycles. The third-order valence-corrected chi connectivity index (χ3v) is 3.93. The number of nitriles is 1. The van der Waals surface area contributed by atoms with Crippen molar-refractivity contribution < 1.29 is 0 Å². The van der Waals surface area contributed by atoms with Crippen molar-refractivity contribution >= 4 is 11.8 Å². The van der Waals surface area contributed by atoms with Gasteiger partial charge in [-0.15, -0.1) is 0 Å². The van der Waals surface area contributed by atoms with Crippen LogP contribution >= 0.6 is 11.8 Å². The Labute approximate surface area is 91.7 Å². The second-order valence-electron chi connectivity index (χ2n) is 4.17. The molecule has 0 aliphatic carbocycles. The average molecular weight is 212 g/mol. The second kappa shape index (κ2) is 6.31. The molecular formula is C11H20N2S. The molecule has 1 heterocycles. The molecule has 1 aliphatic heterocycles. The van der Waals surface area contributed by atoms with Crippen LogP contribution in [0.3, 0.4) is 0 Å². The van der Waals surface area contributed by atoms with Crippen molar-refractivity contribution in [2.24, 2.45) is 5.92 Å². The Morgan fingerprint density at radius 2 is 2.29 bits per heavy atom. The summed E-state index contributed by atoms with van der Waals surface area (Å²) in [5, 5.41) is 8.76. The molecule has 0 N–H and O–H groups in total. The van der Waals surface area contributed by atoms with Gasteiger partial charge in [0.05, 0.1) is 12.0 Å². The van der Waals surface area contributed by atoms with E-state index >= 15 is 0 Å². The van der Waals surface area contributed by atoms with Crippen LogP contribution in [0.1, 0.15) is 26.2 Å². The number of nitrogens with zero attached hydrogens (tertiary/aromatic N) is 2. The lowest BCUT2D eigenvalue weighted by molar-refractivity contribution is 0.212. The Hall–Kier alpha value is -0.200. The van der Waals surface area contributed by atoms with Crippen LogP contribution in [-0.4, -0.2) is 36.0 Å². The molecule has 0 aromatic rings. The summed E-state index contributed by atoms with van der Waals surface area (Å²) in [5.74, 6) is 2.77. The van der Waals surface area contributed by atoms with Gasteiger partial charge in [0.2, 0.25) is 0 Å². The highest BCUT2D eigenvalue weighted by Crippen LogP contribution is 2.20. The van der Waals surface area contributed by atoms with E-state index in [2.05, 4.69) is 29.8 Å². The lowest BCUT2D eigenvalue weighted by Crippen LogP contribution is -2.34. The highest BCUT2D eigenvalue weighted by Gasteiger charge is 2.18. The number of hydrogen-bond donors (Lipinski definition) is 0. The van der Waals surface area contributed by atoms with Gasteiger partial charge in [-0.05, 0) is 44.7 Å². The minimum absolute atomic E-state index is 0.163. The van der Waals surface area contributed by atoms with Crippen LogP contribution in [0.4, 0.5) is 0 Å². The molecule has 3 heteroatoms. The third kappa shape index (κ3) is 3.89. The molecule has 1 rings (SSSR count). The van der Waals surface area contributed by atoms with Crippen LogP contribution in [-0.2, 0) is 0 Å². The van der Waals surface area contributed by atoms with E-state index in [0.29, 0.717) is 6.04 Å². The van der Waals surface area contributed by atoms with Crippen molar-refractivity contribution in [1.29, 1.82) is 5.26 Å². The van der Waals surface area contributed by atoms with E-state index in [4.69, 9.17) is 5.26 Å². The van der Waals surface area contributed by atoms with Crippen molar-refractivity contribution in [2.45, 2.75) is 32.2 Å². The van der Waals surface area contributed by atoms with E-state index in [1.807, 2.05) is 6.92 Å². The van der Waals surface area contributed by atoms with Gasteiger partial charge in [0.25, 0.3) is 0 Å². The van der Waals surface area contributed by atoms with Crippen molar-refractivity contribution in [3.05, 3.63) is 0 Å². The number of thioether (sulfide) groups is 1. The monoisotopic (exact) mass is 212 g/mol. The van der Waals surface area contributed by atoms with Gasteiger partial charge in [-0.25, -0.2) is 0 Å². The largest absolute Gasteiger partial charge is 0.302 e. The Kier molecular flexibility index (Phi) is 5.36. The zero-order valence-corrected chi connectivity index (χ0v) is 10.0. The minimum atomic E-state index is 0.163. The predicted octanol–water partition coefficient (Wildman–Crippen LogP) is 2.36. The molecule has 80 valence electrons. The van der Waals surface area contributed by atoms with E-state index in [1.54, 1.807) is 0 Å². The minimum Gasteiger partial charge on any atom is -0.302 e. The summed E-state index contributed by atoms with van der Waals surface area (Å²) in [6, 6.07) is 3.01. The fourth-order valence-corrected chi connectivity index (χ4v) is 2.96. The predicted molar refractivity (Wildman–Crippen MR) is 62.4 cm³/mol. The van der Waals surface area contributed by atoms with Crippen LogP contribution < -0.4 is 0 Å². The van der Waals surface area contributed by atoms with E-state index in [-0.39, 0.29) is 5.92 Å². The summed E-state index contributed by atoms with van der Waals surface area (Å²) in [6.45, 7) is 2.92. The first kappa shape index (κ1) is 11.9. The quantitative estimate of drug-likeness (QED) is 0.718. The molecule has 0 radical (unpaired) electrons. The van der Waals surface area contributed by atoms with Gasteiger partial charge in [0.15, 0.2) is 0 Å². The third-order valence-electron chi connectivity index (χ3n) is 2.83. The zero-order chi connectivity index (χ0) is 10.4. The van der Waals surface area contributed by atoms with E-state index in [9.17, 15) is 0 Å². The lowest BCUT2D eigenvalue weighted by atomic mass is 10.1. The summed E-state index contributed by atoms with van der Waals surface area (Å²) in [7, 11) is 2.16. The molecule has 2 unspecified atom stereocenters. The molecular weight excluding hydrogens is 192 g/mol. The normalized spacial score (nSPS) is 25.4. The van der Waals surface area contributed by atoms with Crippen molar-refractivity contribution in [1.82, 2.24) is 4.90 Å². The summed E-state index contributed by atoms with van der Waals surface area (Å²) in [5.41, 5.74) is 0. The summed E-state index contributed by atoms with van der Waals surface area (Å²) in [6.07, 6.45) is 3.93. The van der Waals surface area contributed by atoms with Crippen LogP contribution in [0, 0.1) is 17.2 Å². The first-order chi connectivity index (χ1) is 6.74. The smallest absolute Gasteiger partial charge is 0.0666 e. The van der Waals surface area contributed by atoms with Crippen molar-refractivity contribution in [3.8, 4) is 6.07 Å². The summed E-state index contributed by atoms with van der Waals surface area (Å²) >= 11 is 2.07. The van der Waals surface area contributed by atoms with E-state index < -0.39 is 0 Å². The second-order valence-corrected chi connectivity index (χ2v) is 5.39. The molecule has 1 saturated heterocycles. The van der Waals surface area contributed by atoms with Crippen molar-refractivity contribution in [3.63, 3.8) is 0 Å². The maximum Gasteiger partial charge on any atom is 0.0666 e. The van der Waals surface area contributed by atoms with Crippen molar-refractivity contribution in [2.75, 3.05) is 25.1 Å². The molecule has 0 amide bonds. The number of rotatable bonds is 3. The van der Waals surface area contributed by atoms with Gasteiger partial charge in [-0.2, -0.15) is 17.0 Å². The maximum atomic E-state index is 8.76. The summed E-state index contributed by atoms with van der Waals surface area (Å²) in [4.78, 5) is 2.37. The lowest BCUT2D eigenvalue weighted by Gasteiger charge is -2.27. The van der Waals surface area contributed by atoms with E-state index in [0.717, 1.165) is 6.54 Å². The van der Waals surface area contributed by atoms with Crippen LogP contribution in [0.25, 0.3) is 0 Å². The number of hydrogen-bond acceptors (Lipinski definition) is 3. The zero-order valence-electron chi connectivity index (χ0n) is 9.20. The summed E-state index contributed by atoms with van der Waals surface area (Å²) < 4.78 is 0. The fraction of sp³-hybridized carbons (Fsp3) is 0.909. The molecule has 14 heavy (non-hydrogen) atoms. The van der Waals surface area contributed by atoms with E-state index in [1.165, 1.54) is 30.8 Å². The Morgan fingerprint density at radius 3 is 3.00 bits per heavy atom. The van der Waals surface area contributed by atoms with Crippen LogP contribution in [0.15, 0.2) is 0 Å². The molecule has 1 fully saturated rings. The Balaban J connectivity index is 2.34. The standard InChI is InChI=1S/C11H20N2S/c1-10(8-12)9-13(2)11-4-3-6-14-7-5-11/h10-11H,3-7,9H2,1-2H3. The molecule has 2 nitrogen and oxygen atoms in total. The SMILES string of the molecule is CC(C#N)CN(C)C1CCCSCC1. The first-order valence-corrected chi connectivity index (χ1v) is 6.57. The van der Waals surface area contributed by atoms with Gasteiger partial charge in [-0.3, -0.25) is 0 Å². The molecule has 0 spiro atoms.